The minimum Gasteiger partial charge on any atom is -0.478 e. The number of pyridine rings is 1. The molecule has 1 fully saturated rings. The summed E-state index contributed by atoms with van der Waals surface area (Å²) < 4.78 is 40.9. The Kier molecular flexibility index (Phi) is 4.62. The maximum atomic E-state index is 13.9. The molecule has 1 aliphatic carbocycles. The maximum Gasteiger partial charge on any atom is 0.337 e. The Labute approximate surface area is 159 Å². The fraction of sp³-hybridized carbons (Fsp3) is 0.368. The molecule has 0 radical (unpaired) electrons. The molecule has 1 aromatic heterocycles. The van der Waals surface area contributed by atoms with Crippen LogP contribution in [0.3, 0.4) is 0 Å². The SMILES string of the molecule is O=C(O)c1ccncc1NC1NN(C2CCC(F)(F)CC2)c2ccc(F)cc21. The molecule has 3 N–H and O–H groups in total. The molecule has 0 amide bonds. The van der Waals surface area contributed by atoms with Gasteiger partial charge in [0, 0.05) is 30.6 Å². The summed E-state index contributed by atoms with van der Waals surface area (Å²) >= 11 is 0. The van der Waals surface area contributed by atoms with Gasteiger partial charge < -0.3 is 15.4 Å². The van der Waals surface area contributed by atoms with Crippen LogP contribution in [0.4, 0.5) is 24.5 Å². The van der Waals surface area contributed by atoms with Crippen molar-refractivity contribution in [3.63, 3.8) is 0 Å². The maximum absolute atomic E-state index is 13.9. The van der Waals surface area contributed by atoms with E-state index >= 15 is 0 Å². The molecule has 4 rings (SSSR count). The summed E-state index contributed by atoms with van der Waals surface area (Å²) in [7, 11) is 0. The first-order chi connectivity index (χ1) is 13.3. The lowest BCUT2D eigenvalue weighted by Crippen LogP contribution is -2.47. The van der Waals surface area contributed by atoms with Gasteiger partial charge in [0.2, 0.25) is 5.92 Å². The van der Waals surface area contributed by atoms with E-state index in [0.29, 0.717) is 24.1 Å². The number of carbonyl (C=O) groups is 1. The molecule has 1 aromatic carbocycles. The topological polar surface area (TPSA) is 77.5 Å². The minimum absolute atomic E-state index is 0.0329. The van der Waals surface area contributed by atoms with E-state index < -0.39 is 23.9 Å². The molecule has 1 saturated carbocycles. The molecule has 0 spiro atoms. The summed E-state index contributed by atoms with van der Waals surface area (Å²) in [5.41, 5.74) is 4.77. The van der Waals surface area contributed by atoms with E-state index in [1.807, 2.05) is 0 Å². The van der Waals surface area contributed by atoms with Gasteiger partial charge in [0.25, 0.3) is 0 Å². The molecule has 9 heteroatoms. The van der Waals surface area contributed by atoms with Crippen LogP contribution in [-0.2, 0) is 0 Å². The number of aromatic carboxylic acids is 1. The number of anilines is 2. The highest BCUT2D eigenvalue weighted by atomic mass is 19.3. The molecule has 0 bridgehead atoms. The van der Waals surface area contributed by atoms with Gasteiger partial charge in [-0.05, 0) is 37.1 Å². The number of carboxylic acids is 1. The summed E-state index contributed by atoms with van der Waals surface area (Å²) in [6.45, 7) is 0. The van der Waals surface area contributed by atoms with E-state index in [-0.39, 0.29) is 30.1 Å². The highest BCUT2D eigenvalue weighted by Gasteiger charge is 2.40. The van der Waals surface area contributed by atoms with Crippen molar-refractivity contribution in [3.05, 3.63) is 53.6 Å². The number of nitrogens with one attached hydrogen (secondary N) is 2. The van der Waals surface area contributed by atoms with Crippen molar-refractivity contribution in [1.82, 2.24) is 10.4 Å². The van der Waals surface area contributed by atoms with Crippen molar-refractivity contribution in [2.75, 3.05) is 10.3 Å². The molecule has 1 aliphatic heterocycles. The summed E-state index contributed by atoms with van der Waals surface area (Å²) in [6.07, 6.45) is 2.35. The summed E-state index contributed by atoms with van der Waals surface area (Å²) in [6, 6.07) is 5.48. The Balaban J connectivity index is 1.62. The Morgan fingerprint density at radius 3 is 2.75 bits per heavy atom. The zero-order valence-corrected chi connectivity index (χ0v) is 14.8. The van der Waals surface area contributed by atoms with Gasteiger partial charge in [0.05, 0.1) is 23.1 Å². The van der Waals surface area contributed by atoms with Gasteiger partial charge in [0.15, 0.2) is 0 Å². The molecular weight excluding hydrogens is 373 g/mol. The normalized spacial score (nSPS) is 21.4. The van der Waals surface area contributed by atoms with Crippen molar-refractivity contribution >= 4 is 17.3 Å². The fourth-order valence-electron chi connectivity index (χ4n) is 3.80. The van der Waals surface area contributed by atoms with E-state index in [2.05, 4.69) is 15.7 Å². The number of rotatable bonds is 4. The van der Waals surface area contributed by atoms with Gasteiger partial charge in [-0.2, -0.15) is 0 Å². The minimum atomic E-state index is -2.65. The Morgan fingerprint density at radius 2 is 2.04 bits per heavy atom. The number of hydrogen-bond donors (Lipinski definition) is 3. The molecule has 28 heavy (non-hydrogen) atoms. The van der Waals surface area contributed by atoms with E-state index in [4.69, 9.17) is 0 Å². The number of carboxylic acid groups (broad SMARTS) is 1. The lowest BCUT2D eigenvalue weighted by Gasteiger charge is -2.36. The predicted octanol–water partition coefficient (Wildman–Crippen LogP) is 3.93. The second-order valence-corrected chi connectivity index (χ2v) is 7.09. The fourth-order valence-corrected chi connectivity index (χ4v) is 3.80. The number of alkyl halides is 2. The van der Waals surface area contributed by atoms with Crippen LogP contribution in [0, 0.1) is 5.82 Å². The molecule has 0 saturated heterocycles. The highest BCUT2D eigenvalue weighted by molar-refractivity contribution is 5.94. The van der Waals surface area contributed by atoms with Gasteiger partial charge in [-0.15, -0.1) is 0 Å². The van der Waals surface area contributed by atoms with Crippen LogP contribution in [0.1, 0.15) is 47.8 Å². The summed E-state index contributed by atoms with van der Waals surface area (Å²) in [5.74, 6) is -4.20. The monoisotopic (exact) mass is 392 g/mol. The highest BCUT2D eigenvalue weighted by Crippen LogP contribution is 2.41. The zero-order chi connectivity index (χ0) is 19.9. The quantitative estimate of drug-likeness (QED) is 0.732. The zero-order valence-electron chi connectivity index (χ0n) is 14.8. The molecule has 148 valence electrons. The number of aromatic nitrogens is 1. The third kappa shape index (κ3) is 3.49. The number of nitrogens with zero attached hydrogens (tertiary/aromatic N) is 2. The second-order valence-electron chi connectivity index (χ2n) is 7.09. The molecule has 6 nitrogen and oxygen atoms in total. The Hall–Kier alpha value is -2.81. The Bertz CT molecular complexity index is 898. The number of benzene rings is 1. The molecule has 2 heterocycles. The number of hydrazine groups is 1. The van der Waals surface area contributed by atoms with Gasteiger partial charge in [-0.3, -0.25) is 4.98 Å². The first kappa shape index (κ1) is 18.5. The predicted molar refractivity (Wildman–Crippen MR) is 96.8 cm³/mol. The van der Waals surface area contributed by atoms with Gasteiger partial charge in [-0.25, -0.2) is 23.4 Å². The average Bonchev–Trinajstić information content (AvgIpc) is 2.99. The third-order valence-corrected chi connectivity index (χ3v) is 5.23. The third-order valence-electron chi connectivity index (χ3n) is 5.23. The van der Waals surface area contributed by atoms with Gasteiger partial charge in [0.1, 0.15) is 12.0 Å². The van der Waals surface area contributed by atoms with E-state index in [1.165, 1.54) is 30.6 Å². The average molecular weight is 392 g/mol. The van der Waals surface area contributed by atoms with Crippen LogP contribution >= 0.6 is 0 Å². The Morgan fingerprint density at radius 1 is 1.29 bits per heavy atom. The summed E-state index contributed by atoms with van der Waals surface area (Å²) in [4.78, 5) is 15.4. The summed E-state index contributed by atoms with van der Waals surface area (Å²) in [5, 5.41) is 14.2. The van der Waals surface area contributed by atoms with Gasteiger partial charge >= 0.3 is 5.97 Å². The first-order valence-corrected chi connectivity index (χ1v) is 9.00. The molecular formula is C19H19F3N4O2. The molecule has 2 aromatic rings. The van der Waals surface area contributed by atoms with E-state index in [9.17, 15) is 23.1 Å². The standard InChI is InChI=1S/C19H19F3N4O2/c20-11-1-2-16-14(9-11)17(24-15-10-23-8-5-13(15)18(27)28)25-26(16)12-3-6-19(21,22)7-4-12/h1-2,5,8-10,12,17,24-25H,3-4,6-7H2,(H,27,28). The largest absolute Gasteiger partial charge is 0.478 e. The smallest absolute Gasteiger partial charge is 0.337 e. The van der Waals surface area contributed by atoms with E-state index in [0.717, 1.165) is 0 Å². The number of fused-ring (bicyclic) bond motifs is 1. The number of halogens is 3. The lowest BCUT2D eigenvalue weighted by atomic mass is 9.91. The van der Waals surface area contributed by atoms with Crippen LogP contribution in [0.15, 0.2) is 36.7 Å². The van der Waals surface area contributed by atoms with Crippen molar-refractivity contribution in [2.45, 2.75) is 43.8 Å². The van der Waals surface area contributed by atoms with Crippen molar-refractivity contribution < 1.29 is 23.1 Å². The van der Waals surface area contributed by atoms with Crippen LogP contribution < -0.4 is 15.8 Å². The second kappa shape index (κ2) is 6.97. The number of hydrogen-bond acceptors (Lipinski definition) is 5. The van der Waals surface area contributed by atoms with Crippen molar-refractivity contribution in [1.29, 1.82) is 0 Å². The van der Waals surface area contributed by atoms with Crippen LogP contribution in [-0.4, -0.2) is 28.0 Å². The van der Waals surface area contributed by atoms with Gasteiger partial charge in [-0.1, -0.05) is 0 Å². The van der Waals surface area contributed by atoms with E-state index in [1.54, 1.807) is 11.1 Å². The lowest BCUT2D eigenvalue weighted by molar-refractivity contribution is -0.0387. The van der Waals surface area contributed by atoms with Crippen molar-refractivity contribution in [3.8, 4) is 0 Å². The molecule has 1 atom stereocenters. The van der Waals surface area contributed by atoms with Crippen LogP contribution in [0.2, 0.25) is 0 Å². The molecule has 2 aliphatic rings. The van der Waals surface area contributed by atoms with Crippen LogP contribution in [0.5, 0.6) is 0 Å². The van der Waals surface area contributed by atoms with Crippen molar-refractivity contribution in [2.24, 2.45) is 0 Å². The van der Waals surface area contributed by atoms with Crippen LogP contribution in [0.25, 0.3) is 0 Å². The first-order valence-electron chi connectivity index (χ1n) is 9.00. The molecule has 1 unspecified atom stereocenters.